The first-order chi connectivity index (χ1) is 4.20. The van der Waals surface area contributed by atoms with E-state index in [0.29, 0.717) is 6.54 Å². The second-order valence-electron chi connectivity index (χ2n) is 2.26. The number of carbonyl (C=O) groups excluding carboxylic acids is 1. The molecule has 1 amide bonds. The van der Waals surface area contributed by atoms with Crippen LogP contribution in [-0.2, 0) is 4.79 Å². The van der Waals surface area contributed by atoms with Crippen molar-refractivity contribution >= 4 is 17.7 Å². The summed E-state index contributed by atoms with van der Waals surface area (Å²) in [5.41, 5.74) is 5.04. The molecule has 3 nitrogen and oxygen atoms in total. The van der Waals surface area contributed by atoms with Gasteiger partial charge in [0.05, 0.1) is 5.92 Å². The van der Waals surface area contributed by atoms with Gasteiger partial charge < -0.3 is 5.73 Å². The van der Waals surface area contributed by atoms with Crippen molar-refractivity contribution in [3.63, 3.8) is 0 Å². The smallest absolute Gasteiger partial charge is 0.221 e. The third-order valence-corrected chi connectivity index (χ3v) is 1.85. The Bertz CT molecular complexity index is 128. The fourth-order valence-corrected chi connectivity index (χ4v) is 1.21. The molecule has 1 rings (SSSR count). The molecule has 0 spiro atoms. The van der Waals surface area contributed by atoms with E-state index in [0.717, 1.165) is 13.0 Å². The van der Waals surface area contributed by atoms with E-state index in [1.54, 1.807) is 4.42 Å². The quantitative estimate of drug-likeness (QED) is 0.530. The van der Waals surface area contributed by atoms with Crippen molar-refractivity contribution in [2.45, 2.75) is 6.42 Å². The van der Waals surface area contributed by atoms with E-state index in [4.69, 9.17) is 17.5 Å². The van der Waals surface area contributed by atoms with Gasteiger partial charge in [-0.3, -0.25) is 4.79 Å². The van der Waals surface area contributed by atoms with Crippen molar-refractivity contribution in [2.75, 3.05) is 13.1 Å². The summed E-state index contributed by atoms with van der Waals surface area (Å²) in [4.78, 5) is 10.5. The molecule has 52 valence electrons. The first-order valence-corrected chi connectivity index (χ1v) is 3.24. The van der Waals surface area contributed by atoms with Crippen LogP contribution in [0.25, 0.3) is 0 Å². The van der Waals surface area contributed by atoms with Gasteiger partial charge in [-0.15, -0.1) is 0 Å². The second-order valence-corrected chi connectivity index (χ2v) is 2.73. The van der Waals surface area contributed by atoms with Gasteiger partial charge in [-0.25, -0.2) is 4.42 Å². The van der Waals surface area contributed by atoms with Gasteiger partial charge in [0.15, 0.2) is 0 Å². The molecule has 0 radical (unpaired) electrons. The van der Waals surface area contributed by atoms with Crippen LogP contribution in [0, 0.1) is 5.92 Å². The van der Waals surface area contributed by atoms with Crippen LogP contribution in [0.15, 0.2) is 0 Å². The molecule has 0 aromatic heterocycles. The van der Waals surface area contributed by atoms with E-state index in [1.165, 1.54) is 0 Å². The number of hydrogen-bond acceptors (Lipinski definition) is 2. The normalized spacial score (nSPS) is 28.8. The lowest BCUT2D eigenvalue weighted by atomic mass is 10.1. The van der Waals surface area contributed by atoms with Crippen molar-refractivity contribution in [3.05, 3.63) is 0 Å². The molecule has 2 N–H and O–H groups in total. The summed E-state index contributed by atoms with van der Waals surface area (Å²) in [5, 5.41) is 0. The molecule has 1 saturated heterocycles. The largest absolute Gasteiger partial charge is 0.369 e. The highest BCUT2D eigenvalue weighted by Crippen LogP contribution is 2.16. The topological polar surface area (TPSA) is 46.3 Å². The molecule has 1 aliphatic rings. The maximum absolute atomic E-state index is 10.5. The van der Waals surface area contributed by atoms with E-state index in [-0.39, 0.29) is 11.8 Å². The standard InChI is InChI=1S/C5H9ClN2O/c6-8-2-1-4(3-8)5(7)9/h4H,1-3H2,(H2,7,9)/t4-/m1/s1. The van der Waals surface area contributed by atoms with Gasteiger partial charge in [-0.1, -0.05) is 0 Å². The molecule has 0 bridgehead atoms. The summed E-state index contributed by atoms with van der Waals surface area (Å²) in [6.07, 6.45) is 0.804. The molecule has 0 aromatic carbocycles. The van der Waals surface area contributed by atoms with Crippen LogP contribution >= 0.6 is 11.8 Å². The summed E-state index contributed by atoms with van der Waals surface area (Å²) in [5.74, 6) is -0.263. The van der Waals surface area contributed by atoms with Crippen LogP contribution in [0.2, 0.25) is 0 Å². The number of nitrogens with two attached hydrogens (primary N) is 1. The Morgan fingerprint density at radius 2 is 2.44 bits per heavy atom. The van der Waals surface area contributed by atoms with Gasteiger partial charge in [0, 0.05) is 13.1 Å². The zero-order valence-electron chi connectivity index (χ0n) is 5.01. The first-order valence-electron chi connectivity index (χ1n) is 2.90. The van der Waals surface area contributed by atoms with Gasteiger partial charge in [0.1, 0.15) is 0 Å². The summed E-state index contributed by atoms with van der Waals surface area (Å²) in [6, 6.07) is 0. The number of carbonyl (C=O) groups is 1. The number of halogens is 1. The van der Waals surface area contributed by atoms with Gasteiger partial charge in [0.2, 0.25) is 5.91 Å². The molecule has 0 aromatic rings. The molecule has 0 aliphatic carbocycles. The number of hydrogen-bond donors (Lipinski definition) is 1. The first kappa shape index (κ1) is 6.83. The van der Waals surface area contributed by atoms with Gasteiger partial charge in [-0.05, 0) is 18.2 Å². The van der Waals surface area contributed by atoms with Crippen molar-refractivity contribution in [3.8, 4) is 0 Å². The highest BCUT2D eigenvalue weighted by Gasteiger charge is 2.24. The minimum Gasteiger partial charge on any atom is -0.369 e. The summed E-state index contributed by atoms with van der Waals surface area (Å²) < 4.78 is 1.59. The van der Waals surface area contributed by atoms with Crippen molar-refractivity contribution in [1.29, 1.82) is 0 Å². The second kappa shape index (κ2) is 2.54. The Labute approximate surface area is 58.9 Å². The third-order valence-electron chi connectivity index (χ3n) is 1.54. The van der Waals surface area contributed by atoms with E-state index >= 15 is 0 Å². The molecule has 0 unspecified atom stereocenters. The fraction of sp³-hybridized carbons (Fsp3) is 0.800. The van der Waals surface area contributed by atoms with Gasteiger partial charge in [0.25, 0.3) is 0 Å². The number of amides is 1. The molecule has 1 heterocycles. The Kier molecular flexibility index (Phi) is 1.93. The Morgan fingerprint density at radius 1 is 1.78 bits per heavy atom. The lowest BCUT2D eigenvalue weighted by Crippen LogP contribution is -2.24. The van der Waals surface area contributed by atoms with Crippen molar-refractivity contribution in [1.82, 2.24) is 4.42 Å². The van der Waals surface area contributed by atoms with E-state index in [2.05, 4.69) is 0 Å². The molecular weight excluding hydrogens is 140 g/mol. The molecular formula is C5H9ClN2O. The highest BCUT2D eigenvalue weighted by atomic mass is 35.5. The lowest BCUT2D eigenvalue weighted by Gasteiger charge is -2.02. The average molecular weight is 149 g/mol. The molecule has 0 saturated carbocycles. The summed E-state index contributed by atoms with van der Waals surface area (Å²) >= 11 is 5.58. The van der Waals surface area contributed by atoms with Crippen LogP contribution in [-0.4, -0.2) is 23.4 Å². The molecule has 1 atom stereocenters. The van der Waals surface area contributed by atoms with Crippen LogP contribution in [0.5, 0.6) is 0 Å². The van der Waals surface area contributed by atoms with Gasteiger partial charge in [-0.2, -0.15) is 0 Å². The maximum atomic E-state index is 10.5. The van der Waals surface area contributed by atoms with Crippen molar-refractivity contribution < 1.29 is 4.79 Å². The summed E-state index contributed by atoms with van der Waals surface area (Å²) in [6.45, 7) is 1.38. The van der Waals surface area contributed by atoms with Crippen LogP contribution in [0.3, 0.4) is 0 Å². The maximum Gasteiger partial charge on any atom is 0.221 e. The van der Waals surface area contributed by atoms with Crippen LogP contribution in [0.1, 0.15) is 6.42 Å². The zero-order valence-corrected chi connectivity index (χ0v) is 5.77. The predicted octanol–water partition coefficient (Wildman–Crippen LogP) is -0.0526. The monoisotopic (exact) mass is 148 g/mol. The Balaban J connectivity index is 2.39. The zero-order chi connectivity index (χ0) is 6.85. The molecule has 9 heavy (non-hydrogen) atoms. The average Bonchev–Trinajstić information content (AvgIpc) is 2.14. The van der Waals surface area contributed by atoms with Crippen LogP contribution < -0.4 is 5.73 Å². The molecule has 4 heteroatoms. The number of nitrogens with zero attached hydrogens (tertiary/aromatic N) is 1. The van der Waals surface area contributed by atoms with Gasteiger partial charge >= 0.3 is 0 Å². The van der Waals surface area contributed by atoms with E-state index < -0.39 is 0 Å². The summed E-state index contributed by atoms with van der Waals surface area (Å²) in [7, 11) is 0. The Morgan fingerprint density at radius 3 is 2.67 bits per heavy atom. The van der Waals surface area contributed by atoms with E-state index in [9.17, 15) is 4.79 Å². The Hall–Kier alpha value is -0.280. The van der Waals surface area contributed by atoms with E-state index in [1.807, 2.05) is 0 Å². The number of primary amides is 1. The van der Waals surface area contributed by atoms with Crippen molar-refractivity contribution in [2.24, 2.45) is 11.7 Å². The number of rotatable bonds is 1. The van der Waals surface area contributed by atoms with Crippen LogP contribution in [0.4, 0.5) is 0 Å². The third kappa shape index (κ3) is 1.56. The highest BCUT2D eigenvalue weighted by molar-refractivity contribution is 6.13. The molecule has 1 aliphatic heterocycles. The lowest BCUT2D eigenvalue weighted by molar-refractivity contribution is -0.121. The minimum atomic E-state index is -0.238. The SMILES string of the molecule is NC(=O)[C@@H]1CCN(Cl)C1. The fourth-order valence-electron chi connectivity index (χ4n) is 0.950. The predicted molar refractivity (Wildman–Crippen MR) is 34.7 cm³/mol. The molecule has 1 fully saturated rings. The minimum absolute atomic E-state index is 0.0255.